The van der Waals surface area contributed by atoms with Gasteiger partial charge in [-0.3, -0.25) is 0 Å². The van der Waals surface area contributed by atoms with Crippen molar-refractivity contribution in [1.82, 2.24) is 4.90 Å². The van der Waals surface area contributed by atoms with Gasteiger partial charge in [-0.2, -0.15) is 0 Å². The van der Waals surface area contributed by atoms with Crippen molar-refractivity contribution in [2.75, 3.05) is 19.6 Å². The van der Waals surface area contributed by atoms with Gasteiger partial charge in [-0.15, -0.1) is 0 Å². The molecule has 0 aromatic heterocycles. The monoisotopic (exact) mass is 227 g/mol. The van der Waals surface area contributed by atoms with Crippen LogP contribution in [-0.2, 0) is 0 Å². The lowest BCUT2D eigenvalue weighted by atomic mass is 9.92. The third kappa shape index (κ3) is 4.84. The highest BCUT2D eigenvalue weighted by molar-refractivity contribution is 5.79. The minimum Gasteiger partial charge on any atom is -0.409 e. The van der Waals surface area contributed by atoms with Crippen molar-refractivity contribution in [3.63, 3.8) is 0 Å². The van der Waals surface area contributed by atoms with Crippen LogP contribution in [0.25, 0.3) is 0 Å². The summed E-state index contributed by atoms with van der Waals surface area (Å²) in [6.45, 7) is 8.27. The van der Waals surface area contributed by atoms with Crippen LogP contribution in [0.2, 0.25) is 0 Å². The van der Waals surface area contributed by atoms with Crippen LogP contribution in [0.4, 0.5) is 0 Å². The van der Waals surface area contributed by atoms with Crippen molar-refractivity contribution in [2.45, 2.75) is 39.5 Å². The van der Waals surface area contributed by atoms with Gasteiger partial charge in [0.1, 0.15) is 5.84 Å². The largest absolute Gasteiger partial charge is 0.409 e. The summed E-state index contributed by atoms with van der Waals surface area (Å²) in [5.74, 6) is 2.00. The summed E-state index contributed by atoms with van der Waals surface area (Å²) < 4.78 is 0. The zero-order valence-electron chi connectivity index (χ0n) is 10.5. The van der Waals surface area contributed by atoms with Crippen LogP contribution in [0.1, 0.15) is 39.5 Å². The van der Waals surface area contributed by atoms with E-state index in [0.29, 0.717) is 12.3 Å². The maximum absolute atomic E-state index is 8.40. The highest BCUT2D eigenvalue weighted by Crippen LogP contribution is 2.21. The first-order valence-electron chi connectivity index (χ1n) is 6.30. The second-order valence-corrected chi connectivity index (χ2v) is 5.25. The van der Waals surface area contributed by atoms with E-state index in [-0.39, 0.29) is 0 Å². The molecule has 1 saturated heterocycles. The molecule has 1 fully saturated rings. The normalized spacial score (nSPS) is 28.2. The van der Waals surface area contributed by atoms with Crippen LogP contribution in [0.3, 0.4) is 0 Å². The van der Waals surface area contributed by atoms with Gasteiger partial charge in [-0.05, 0) is 37.6 Å². The average Bonchev–Trinajstić information content (AvgIpc) is 2.22. The molecule has 0 aromatic rings. The number of rotatable bonds is 5. The Labute approximate surface area is 98.5 Å². The maximum atomic E-state index is 8.40. The number of oxime groups is 1. The number of unbranched alkanes of at least 4 members (excludes halogenated alkanes) is 1. The van der Waals surface area contributed by atoms with Crippen molar-refractivity contribution in [1.29, 1.82) is 0 Å². The predicted octanol–water partition coefficient (Wildman–Crippen LogP) is 1.88. The Bertz CT molecular complexity index is 220. The molecular formula is C12H25N3O. The van der Waals surface area contributed by atoms with E-state index in [1.54, 1.807) is 0 Å². The molecule has 1 aliphatic rings. The van der Waals surface area contributed by atoms with Gasteiger partial charge < -0.3 is 15.8 Å². The van der Waals surface area contributed by atoms with E-state index in [9.17, 15) is 0 Å². The first-order chi connectivity index (χ1) is 7.61. The molecule has 2 atom stereocenters. The number of amidine groups is 1. The maximum Gasteiger partial charge on any atom is 0.139 e. The smallest absolute Gasteiger partial charge is 0.139 e. The SMILES string of the molecule is CC1CC(C)CN(CCCC/C(N)=N/O)C1. The van der Waals surface area contributed by atoms with E-state index in [2.05, 4.69) is 23.9 Å². The number of hydrogen-bond donors (Lipinski definition) is 2. The lowest BCUT2D eigenvalue weighted by Crippen LogP contribution is -2.39. The number of nitrogens with zero attached hydrogens (tertiary/aromatic N) is 2. The van der Waals surface area contributed by atoms with E-state index in [1.807, 2.05) is 0 Å². The van der Waals surface area contributed by atoms with Crippen LogP contribution in [0.15, 0.2) is 5.16 Å². The van der Waals surface area contributed by atoms with Gasteiger partial charge in [-0.25, -0.2) is 0 Å². The van der Waals surface area contributed by atoms with Crippen LogP contribution in [0.5, 0.6) is 0 Å². The van der Waals surface area contributed by atoms with Gasteiger partial charge in [0.05, 0.1) is 0 Å². The Morgan fingerprint density at radius 3 is 2.50 bits per heavy atom. The zero-order chi connectivity index (χ0) is 12.0. The quantitative estimate of drug-likeness (QED) is 0.248. The molecule has 0 saturated carbocycles. The van der Waals surface area contributed by atoms with E-state index in [0.717, 1.165) is 31.2 Å². The Balaban J connectivity index is 2.12. The molecule has 16 heavy (non-hydrogen) atoms. The summed E-state index contributed by atoms with van der Waals surface area (Å²) >= 11 is 0. The molecule has 94 valence electrons. The molecular weight excluding hydrogens is 202 g/mol. The first-order valence-corrected chi connectivity index (χ1v) is 6.30. The summed E-state index contributed by atoms with van der Waals surface area (Å²) in [4.78, 5) is 2.55. The van der Waals surface area contributed by atoms with Crippen molar-refractivity contribution < 1.29 is 5.21 Å². The molecule has 1 aliphatic heterocycles. The fourth-order valence-electron chi connectivity index (χ4n) is 2.67. The molecule has 3 N–H and O–H groups in total. The van der Waals surface area contributed by atoms with Gasteiger partial charge in [-0.1, -0.05) is 19.0 Å². The molecule has 4 nitrogen and oxygen atoms in total. The summed E-state index contributed by atoms with van der Waals surface area (Å²) in [6, 6.07) is 0. The van der Waals surface area contributed by atoms with Crippen molar-refractivity contribution in [3.05, 3.63) is 0 Å². The van der Waals surface area contributed by atoms with Gasteiger partial charge in [0.25, 0.3) is 0 Å². The summed E-state index contributed by atoms with van der Waals surface area (Å²) in [5, 5.41) is 11.4. The minimum atomic E-state index is 0.348. The summed E-state index contributed by atoms with van der Waals surface area (Å²) in [5.41, 5.74) is 5.42. The number of piperidine rings is 1. The van der Waals surface area contributed by atoms with Crippen LogP contribution in [-0.4, -0.2) is 35.6 Å². The molecule has 0 amide bonds. The zero-order valence-corrected chi connectivity index (χ0v) is 10.5. The molecule has 0 aromatic carbocycles. The highest BCUT2D eigenvalue weighted by atomic mass is 16.4. The molecule has 0 spiro atoms. The van der Waals surface area contributed by atoms with Crippen LogP contribution >= 0.6 is 0 Å². The van der Waals surface area contributed by atoms with Crippen molar-refractivity contribution in [3.8, 4) is 0 Å². The van der Waals surface area contributed by atoms with E-state index in [1.165, 1.54) is 19.5 Å². The Kier molecular flexibility index (Phi) is 5.60. The Hall–Kier alpha value is -0.770. The topological polar surface area (TPSA) is 61.8 Å². The van der Waals surface area contributed by atoms with Gasteiger partial charge in [0, 0.05) is 19.5 Å². The second-order valence-electron chi connectivity index (χ2n) is 5.25. The fraction of sp³-hybridized carbons (Fsp3) is 0.917. The van der Waals surface area contributed by atoms with Gasteiger partial charge >= 0.3 is 0 Å². The molecule has 0 aliphatic carbocycles. The van der Waals surface area contributed by atoms with Crippen molar-refractivity contribution in [2.24, 2.45) is 22.7 Å². The molecule has 4 heteroatoms. The molecule has 1 heterocycles. The lowest BCUT2D eigenvalue weighted by molar-refractivity contribution is 0.139. The van der Waals surface area contributed by atoms with Gasteiger partial charge in [0.2, 0.25) is 0 Å². The van der Waals surface area contributed by atoms with Crippen LogP contribution < -0.4 is 5.73 Å². The second kappa shape index (κ2) is 6.74. The molecule has 1 rings (SSSR count). The molecule has 0 radical (unpaired) electrons. The van der Waals surface area contributed by atoms with E-state index < -0.39 is 0 Å². The molecule has 0 bridgehead atoms. The Morgan fingerprint density at radius 2 is 1.94 bits per heavy atom. The highest BCUT2D eigenvalue weighted by Gasteiger charge is 2.20. The Morgan fingerprint density at radius 1 is 1.31 bits per heavy atom. The predicted molar refractivity (Wildman–Crippen MR) is 66.6 cm³/mol. The van der Waals surface area contributed by atoms with Gasteiger partial charge in [0.15, 0.2) is 0 Å². The number of likely N-dealkylation sites (tertiary alicyclic amines) is 1. The standard InChI is InChI=1S/C12H25N3O/c1-10-7-11(2)9-15(8-10)6-4-3-5-12(13)14-16/h10-11,16H,3-9H2,1-2H3,(H2,13,14). The summed E-state index contributed by atoms with van der Waals surface area (Å²) in [7, 11) is 0. The first kappa shape index (κ1) is 13.3. The fourth-order valence-corrected chi connectivity index (χ4v) is 2.67. The lowest BCUT2D eigenvalue weighted by Gasteiger charge is -2.34. The van der Waals surface area contributed by atoms with E-state index >= 15 is 0 Å². The minimum absolute atomic E-state index is 0.348. The number of hydrogen-bond acceptors (Lipinski definition) is 3. The summed E-state index contributed by atoms with van der Waals surface area (Å²) in [6.07, 6.45) is 4.21. The average molecular weight is 227 g/mol. The number of nitrogens with two attached hydrogens (primary N) is 1. The molecule has 2 unspecified atom stereocenters. The third-order valence-electron chi connectivity index (χ3n) is 3.23. The van der Waals surface area contributed by atoms with Crippen molar-refractivity contribution >= 4 is 5.84 Å². The van der Waals surface area contributed by atoms with E-state index in [4.69, 9.17) is 10.9 Å². The van der Waals surface area contributed by atoms with Crippen LogP contribution in [0, 0.1) is 11.8 Å². The third-order valence-corrected chi connectivity index (χ3v) is 3.23.